The highest BCUT2D eigenvalue weighted by Crippen LogP contribution is 2.25. The third-order valence-electron chi connectivity index (χ3n) is 3.55. The van der Waals surface area contributed by atoms with E-state index in [-0.39, 0.29) is 0 Å². The molecule has 21 heavy (non-hydrogen) atoms. The predicted octanol–water partition coefficient (Wildman–Crippen LogP) is 5.10. The number of nitrogens with one attached hydrogen (secondary N) is 1. The summed E-state index contributed by atoms with van der Waals surface area (Å²) in [4.78, 5) is 1.35. The summed E-state index contributed by atoms with van der Waals surface area (Å²) >= 11 is 1.92. The molecular weight excluding hydrogens is 274 g/mol. The minimum absolute atomic E-state index is 0.964. The Labute approximate surface area is 133 Å². The van der Waals surface area contributed by atoms with Crippen LogP contribution >= 0.6 is 11.8 Å². The Bertz CT molecular complexity index is 578. The summed E-state index contributed by atoms with van der Waals surface area (Å²) in [6.07, 6.45) is 1.18. The van der Waals surface area contributed by atoms with Crippen molar-refractivity contribution in [1.29, 1.82) is 0 Å². The summed E-state index contributed by atoms with van der Waals surface area (Å²) in [5, 5.41) is 3.46. The summed E-state index contributed by atoms with van der Waals surface area (Å²) in [5.41, 5.74) is 5.53. The molecule has 0 radical (unpaired) electrons. The number of hydrogen-bond donors (Lipinski definition) is 1. The minimum Gasteiger partial charge on any atom is -0.313 e. The predicted molar refractivity (Wildman–Crippen MR) is 93.9 cm³/mol. The lowest BCUT2D eigenvalue weighted by molar-refractivity contribution is 0.674. The molecule has 0 unspecified atom stereocenters. The number of benzene rings is 2. The van der Waals surface area contributed by atoms with Crippen LogP contribution in [0.5, 0.6) is 0 Å². The van der Waals surface area contributed by atoms with E-state index in [2.05, 4.69) is 68.6 Å². The van der Waals surface area contributed by atoms with Crippen molar-refractivity contribution in [3.63, 3.8) is 0 Å². The van der Waals surface area contributed by atoms with Gasteiger partial charge >= 0.3 is 0 Å². The molecule has 0 amide bonds. The molecule has 0 atom stereocenters. The first-order chi connectivity index (χ1) is 10.2. The molecule has 0 aliphatic heterocycles. The van der Waals surface area contributed by atoms with Gasteiger partial charge in [0.1, 0.15) is 0 Å². The number of rotatable bonds is 7. The second-order valence-corrected chi connectivity index (χ2v) is 6.59. The molecule has 2 aromatic carbocycles. The second-order valence-electron chi connectivity index (χ2n) is 5.54. The van der Waals surface area contributed by atoms with Crippen LogP contribution in [0, 0.1) is 13.8 Å². The Kier molecular flexibility index (Phi) is 6.34. The van der Waals surface area contributed by atoms with Gasteiger partial charge in [-0.1, -0.05) is 42.8 Å². The zero-order valence-corrected chi connectivity index (χ0v) is 14.1. The summed E-state index contributed by atoms with van der Waals surface area (Å²) in [5.74, 6) is 1.04. The average molecular weight is 299 g/mol. The SMILES string of the molecule is CCCNCc1cccc(SCc2cc(C)ccc2C)c1. The molecule has 0 spiro atoms. The molecule has 2 aromatic rings. The first-order valence-electron chi connectivity index (χ1n) is 7.67. The molecule has 0 bridgehead atoms. The monoisotopic (exact) mass is 299 g/mol. The fraction of sp³-hybridized carbons (Fsp3) is 0.368. The highest BCUT2D eigenvalue weighted by molar-refractivity contribution is 7.98. The highest BCUT2D eigenvalue weighted by atomic mass is 32.2. The van der Waals surface area contributed by atoms with Crippen molar-refractivity contribution >= 4 is 11.8 Å². The van der Waals surface area contributed by atoms with Gasteiger partial charge in [0.25, 0.3) is 0 Å². The van der Waals surface area contributed by atoms with Gasteiger partial charge in [0, 0.05) is 17.2 Å². The van der Waals surface area contributed by atoms with Crippen molar-refractivity contribution in [2.45, 2.75) is 44.4 Å². The van der Waals surface area contributed by atoms with Gasteiger partial charge in [-0.3, -0.25) is 0 Å². The van der Waals surface area contributed by atoms with Crippen LogP contribution in [0.1, 0.15) is 35.6 Å². The van der Waals surface area contributed by atoms with Crippen LogP contribution in [-0.2, 0) is 12.3 Å². The fourth-order valence-corrected chi connectivity index (χ4v) is 3.31. The lowest BCUT2D eigenvalue weighted by atomic mass is 10.1. The maximum atomic E-state index is 3.46. The van der Waals surface area contributed by atoms with Crippen LogP contribution in [0.4, 0.5) is 0 Å². The zero-order valence-electron chi connectivity index (χ0n) is 13.3. The quantitative estimate of drug-likeness (QED) is 0.564. The first kappa shape index (κ1) is 16.1. The molecule has 2 rings (SSSR count). The van der Waals surface area contributed by atoms with E-state index >= 15 is 0 Å². The number of hydrogen-bond acceptors (Lipinski definition) is 2. The van der Waals surface area contributed by atoms with Crippen LogP contribution in [0.15, 0.2) is 47.4 Å². The average Bonchev–Trinajstić information content (AvgIpc) is 2.49. The Morgan fingerprint density at radius 3 is 2.71 bits per heavy atom. The highest BCUT2D eigenvalue weighted by Gasteiger charge is 2.02. The van der Waals surface area contributed by atoms with E-state index in [4.69, 9.17) is 0 Å². The van der Waals surface area contributed by atoms with Gasteiger partial charge in [0.15, 0.2) is 0 Å². The molecule has 1 N–H and O–H groups in total. The molecule has 0 heterocycles. The molecule has 0 saturated heterocycles. The maximum absolute atomic E-state index is 3.46. The van der Waals surface area contributed by atoms with Crippen molar-refractivity contribution in [3.05, 3.63) is 64.7 Å². The molecule has 0 aliphatic rings. The van der Waals surface area contributed by atoms with E-state index in [1.807, 2.05) is 11.8 Å². The van der Waals surface area contributed by atoms with Gasteiger partial charge in [-0.25, -0.2) is 0 Å². The molecule has 112 valence electrons. The van der Waals surface area contributed by atoms with Crippen LogP contribution in [0.2, 0.25) is 0 Å². The summed E-state index contributed by atoms with van der Waals surface area (Å²) < 4.78 is 0. The zero-order chi connectivity index (χ0) is 15.1. The summed E-state index contributed by atoms with van der Waals surface area (Å²) in [6.45, 7) is 8.60. The smallest absolute Gasteiger partial charge is 0.0234 e. The molecule has 0 saturated carbocycles. The number of thioether (sulfide) groups is 1. The Hall–Kier alpha value is -1.25. The van der Waals surface area contributed by atoms with Gasteiger partial charge in [-0.2, -0.15) is 0 Å². The number of aryl methyl sites for hydroxylation is 2. The molecule has 0 aromatic heterocycles. The summed E-state index contributed by atoms with van der Waals surface area (Å²) in [7, 11) is 0. The van der Waals surface area contributed by atoms with Gasteiger partial charge in [-0.15, -0.1) is 11.8 Å². The Morgan fingerprint density at radius 2 is 1.90 bits per heavy atom. The third kappa shape index (κ3) is 5.22. The third-order valence-corrected chi connectivity index (χ3v) is 4.60. The molecule has 2 heteroatoms. The van der Waals surface area contributed by atoms with Gasteiger partial charge in [0.05, 0.1) is 0 Å². The van der Waals surface area contributed by atoms with Crippen LogP contribution in [0.3, 0.4) is 0 Å². The Balaban J connectivity index is 1.96. The van der Waals surface area contributed by atoms with E-state index in [1.165, 1.54) is 33.6 Å². The summed E-state index contributed by atoms with van der Waals surface area (Å²) in [6, 6.07) is 15.6. The topological polar surface area (TPSA) is 12.0 Å². The molecule has 1 nitrogen and oxygen atoms in total. The van der Waals surface area contributed by atoms with Crippen LogP contribution < -0.4 is 5.32 Å². The lowest BCUT2D eigenvalue weighted by Gasteiger charge is -2.09. The van der Waals surface area contributed by atoms with E-state index in [0.717, 1.165) is 18.8 Å². The minimum atomic E-state index is 0.964. The van der Waals surface area contributed by atoms with E-state index in [9.17, 15) is 0 Å². The lowest BCUT2D eigenvalue weighted by Crippen LogP contribution is -2.13. The normalized spacial score (nSPS) is 10.8. The van der Waals surface area contributed by atoms with Gasteiger partial charge < -0.3 is 5.32 Å². The van der Waals surface area contributed by atoms with Crippen molar-refractivity contribution in [1.82, 2.24) is 5.32 Å². The largest absolute Gasteiger partial charge is 0.313 e. The van der Waals surface area contributed by atoms with Gasteiger partial charge in [-0.05, 0) is 55.6 Å². The second kappa shape index (κ2) is 8.26. The molecule has 0 aliphatic carbocycles. The van der Waals surface area contributed by atoms with Gasteiger partial charge in [0.2, 0.25) is 0 Å². The maximum Gasteiger partial charge on any atom is 0.0234 e. The van der Waals surface area contributed by atoms with Crippen LogP contribution in [-0.4, -0.2) is 6.54 Å². The standard InChI is InChI=1S/C19H25NS/c1-4-10-20-13-17-6-5-7-19(12-17)21-14-18-11-15(2)8-9-16(18)3/h5-9,11-12,20H,4,10,13-14H2,1-3H3. The van der Waals surface area contributed by atoms with E-state index in [0.29, 0.717) is 0 Å². The molecule has 0 fully saturated rings. The van der Waals surface area contributed by atoms with E-state index < -0.39 is 0 Å². The molecular formula is C19H25NS. The van der Waals surface area contributed by atoms with Crippen molar-refractivity contribution in [2.24, 2.45) is 0 Å². The van der Waals surface area contributed by atoms with Crippen LogP contribution in [0.25, 0.3) is 0 Å². The van der Waals surface area contributed by atoms with E-state index in [1.54, 1.807) is 0 Å². The Morgan fingerprint density at radius 1 is 1.05 bits per heavy atom. The first-order valence-corrected chi connectivity index (χ1v) is 8.66. The van der Waals surface area contributed by atoms with Crippen molar-refractivity contribution in [2.75, 3.05) is 6.54 Å². The van der Waals surface area contributed by atoms with Crippen molar-refractivity contribution < 1.29 is 0 Å². The van der Waals surface area contributed by atoms with Crippen molar-refractivity contribution in [3.8, 4) is 0 Å². The fourth-order valence-electron chi connectivity index (χ4n) is 2.27.